The van der Waals surface area contributed by atoms with E-state index in [0.29, 0.717) is 41.3 Å². The summed E-state index contributed by atoms with van der Waals surface area (Å²) in [4.78, 5) is 15.8. The molecule has 2 bridgehead atoms. The van der Waals surface area contributed by atoms with Crippen LogP contribution >= 0.6 is 11.6 Å². The molecule has 5 heterocycles. The highest BCUT2D eigenvalue weighted by Crippen LogP contribution is 2.35. The van der Waals surface area contributed by atoms with Crippen LogP contribution in [0.1, 0.15) is 19.3 Å². The molecular weight excluding hydrogens is 447 g/mol. The van der Waals surface area contributed by atoms with E-state index in [1.807, 2.05) is 12.1 Å². The largest absolute Gasteiger partial charge is 0.489 e. The summed E-state index contributed by atoms with van der Waals surface area (Å²) in [5.74, 6) is 0.992. The van der Waals surface area contributed by atoms with Crippen LogP contribution in [0, 0.1) is 5.82 Å². The van der Waals surface area contributed by atoms with Gasteiger partial charge in [0.1, 0.15) is 35.0 Å². The van der Waals surface area contributed by atoms with Crippen LogP contribution in [-0.2, 0) is 4.74 Å². The standard InChI is InChI=1S/C23H24ClFN6O2/c24-20-18(33-11-15-2-1-7-32-15)5-3-16(21(20)25)29-23-22-17(27-12-28-23)4-6-19(30-22)31-10-13-8-14(31)9-26-13/h3-6,12-15,26H,1-2,7-11H2,(H,27,28,29)/t13-,14-,15+/m0/s1. The maximum absolute atomic E-state index is 15.1. The number of nitrogens with zero attached hydrogens (tertiary/aromatic N) is 4. The number of fused-ring (bicyclic) bond motifs is 3. The lowest BCUT2D eigenvalue weighted by Crippen LogP contribution is -2.44. The van der Waals surface area contributed by atoms with Crippen molar-refractivity contribution in [1.29, 1.82) is 0 Å². The number of benzene rings is 1. The minimum absolute atomic E-state index is 0.0242. The van der Waals surface area contributed by atoms with Gasteiger partial charge in [-0.2, -0.15) is 0 Å². The third-order valence-electron chi connectivity index (χ3n) is 6.57. The summed E-state index contributed by atoms with van der Waals surface area (Å²) in [7, 11) is 0. The Morgan fingerprint density at radius 3 is 3.00 bits per heavy atom. The van der Waals surface area contributed by atoms with E-state index in [9.17, 15) is 0 Å². The normalized spacial score (nSPS) is 24.1. The second-order valence-electron chi connectivity index (χ2n) is 8.72. The maximum Gasteiger partial charge on any atom is 0.169 e. The molecule has 3 aliphatic heterocycles. The number of anilines is 3. The molecule has 172 valence electrons. The maximum atomic E-state index is 15.1. The van der Waals surface area contributed by atoms with E-state index in [1.165, 1.54) is 6.33 Å². The summed E-state index contributed by atoms with van der Waals surface area (Å²) in [6, 6.07) is 8.11. The number of pyridine rings is 1. The van der Waals surface area contributed by atoms with Gasteiger partial charge in [0.15, 0.2) is 11.6 Å². The third kappa shape index (κ3) is 3.94. The highest BCUT2D eigenvalue weighted by molar-refractivity contribution is 6.32. The predicted octanol–water partition coefficient (Wildman–Crippen LogP) is 3.67. The zero-order valence-electron chi connectivity index (χ0n) is 17.9. The van der Waals surface area contributed by atoms with Crippen molar-refractivity contribution in [2.45, 2.75) is 37.5 Å². The van der Waals surface area contributed by atoms with Gasteiger partial charge < -0.3 is 25.0 Å². The summed E-state index contributed by atoms with van der Waals surface area (Å²) < 4.78 is 26.3. The molecule has 33 heavy (non-hydrogen) atoms. The topological polar surface area (TPSA) is 84.4 Å². The van der Waals surface area contributed by atoms with E-state index in [1.54, 1.807) is 12.1 Å². The molecule has 3 aliphatic rings. The first kappa shape index (κ1) is 20.8. The molecule has 3 atom stereocenters. The summed E-state index contributed by atoms with van der Waals surface area (Å²) in [6.07, 6.45) is 4.53. The van der Waals surface area contributed by atoms with Crippen molar-refractivity contribution in [3.05, 3.63) is 41.4 Å². The van der Waals surface area contributed by atoms with Crippen LogP contribution in [0.4, 0.5) is 21.7 Å². The Morgan fingerprint density at radius 1 is 1.27 bits per heavy atom. The van der Waals surface area contributed by atoms with Crippen molar-refractivity contribution < 1.29 is 13.9 Å². The number of nitrogens with one attached hydrogen (secondary N) is 2. The van der Waals surface area contributed by atoms with Gasteiger partial charge in [-0.3, -0.25) is 0 Å². The Hall–Kier alpha value is -2.75. The summed E-state index contributed by atoms with van der Waals surface area (Å²) in [5, 5.41) is 6.47. The monoisotopic (exact) mass is 470 g/mol. The SMILES string of the molecule is Fc1c(Nc2ncnc3ccc(N4C[C@@H]5C[C@H]4CN5)nc23)ccc(OC[C@H]2CCCO2)c1Cl. The minimum atomic E-state index is -0.604. The van der Waals surface area contributed by atoms with Gasteiger partial charge in [-0.05, 0) is 43.5 Å². The molecule has 10 heteroatoms. The predicted molar refractivity (Wildman–Crippen MR) is 124 cm³/mol. The number of piperazine rings is 1. The van der Waals surface area contributed by atoms with Crippen molar-refractivity contribution in [2.75, 3.05) is 36.5 Å². The molecule has 0 spiro atoms. The van der Waals surface area contributed by atoms with Crippen molar-refractivity contribution in [1.82, 2.24) is 20.3 Å². The van der Waals surface area contributed by atoms with Gasteiger partial charge in [0.05, 0.1) is 17.3 Å². The fraction of sp³-hybridized carbons (Fsp3) is 0.435. The van der Waals surface area contributed by atoms with Gasteiger partial charge in [0, 0.05) is 31.8 Å². The first-order valence-electron chi connectivity index (χ1n) is 11.3. The number of hydrogen-bond donors (Lipinski definition) is 2. The zero-order valence-corrected chi connectivity index (χ0v) is 18.7. The van der Waals surface area contributed by atoms with Crippen LogP contribution in [0.3, 0.4) is 0 Å². The van der Waals surface area contributed by atoms with E-state index in [0.717, 1.165) is 44.8 Å². The van der Waals surface area contributed by atoms with Crippen LogP contribution in [0.15, 0.2) is 30.6 Å². The van der Waals surface area contributed by atoms with Gasteiger partial charge in [-0.1, -0.05) is 11.6 Å². The molecule has 0 saturated carbocycles. The second-order valence-corrected chi connectivity index (χ2v) is 9.09. The number of hydrogen-bond acceptors (Lipinski definition) is 8. The van der Waals surface area contributed by atoms with E-state index in [-0.39, 0.29) is 16.8 Å². The first-order valence-corrected chi connectivity index (χ1v) is 11.6. The Labute approximate surface area is 195 Å². The van der Waals surface area contributed by atoms with Crippen molar-refractivity contribution >= 4 is 40.0 Å². The van der Waals surface area contributed by atoms with E-state index in [4.69, 9.17) is 26.1 Å². The Bertz CT molecular complexity index is 1190. The Balaban J connectivity index is 1.26. The van der Waals surface area contributed by atoms with Gasteiger partial charge in [0.2, 0.25) is 0 Å². The van der Waals surface area contributed by atoms with E-state index in [2.05, 4.69) is 25.5 Å². The van der Waals surface area contributed by atoms with Crippen LogP contribution in [0.2, 0.25) is 5.02 Å². The highest BCUT2D eigenvalue weighted by atomic mass is 35.5. The molecule has 2 N–H and O–H groups in total. The summed E-state index contributed by atoms with van der Waals surface area (Å²) in [5.41, 5.74) is 1.46. The Morgan fingerprint density at radius 2 is 2.21 bits per heavy atom. The molecular formula is C23H24ClFN6O2. The van der Waals surface area contributed by atoms with Crippen molar-refractivity contribution in [2.24, 2.45) is 0 Å². The van der Waals surface area contributed by atoms with Gasteiger partial charge in [-0.15, -0.1) is 0 Å². The average molecular weight is 471 g/mol. The fourth-order valence-electron chi connectivity index (χ4n) is 4.85. The number of halogens is 2. The molecule has 3 fully saturated rings. The minimum Gasteiger partial charge on any atom is -0.489 e. The molecule has 0 aliphatic carbocycles. The first-order chi connectivity index (χ1) is 16.2. The molecule has 1 aromatic carbocycles. The van der Waals surface area contributed by atoms with Crippen LogP contribution in [0.5, 0.6) is 5.75 Å². The third-order valence-corrected chi connectivity index (χ3v) is 6.92. The highest BCUT2D eigenvalue weighted by Gasteiger charge is 2.38. The quantitative estimate of drug-likeness (QED) is 0.564. The molecule has 2 aromatic heterocycles. The molecule has 3 saturated heterocycles. The van der Waals surface area contributed by atoms with E-state index < -0.39 is 5.82 Å². The molecule has 0 unspecified atom stereocenters. The number of aromatic nitrogens is 3. The molecule has 3 aromatic rings. The van der Waals surface area contributed by atoms with Crippen molar-refractivity contribution in [3.8, 4) is 5.75 Å². The number of rotatable bonds is 6. The second kappa shape index (κ2) is 8.55. The smallest absolute Gasteiger partial charge is 0.169 e. The molecule has 0 amide bonds. The molecule has 8 nitrogen and oxygen atoms in total. The summed E-state index contributed by atoms with van der Waals surface area (Å²) in [6.45, 7) is 2.98. The zero-order chi connectivity index (χ0) is 22.4. The summed E-state index contributed by atoms with van der Waals surface area (Å²) >= 11 is 6.27. The fourth-order valence-corrected chi connectivity index (χ4v) is 5.07. The van der Waals surface area contributed by atoms with E-state index >= 15 is 4.39 Å². The van der Waals surface area contributed by atoms with Gasteiger partial charge in [-0.25, -0.2) is 19.3 Å². The van der Waals surface area contributed by atoms with Gasteiger partial charge in [0.25, 0.3) is 0 Å². The van der Waals surface area contributed by atoms with Crippen molar-refractivity contribution in [3.63, 3.8) is 0 Å². The van der Waals surface area contributed by atoms with Crippen LogP contribution in [0.25, 0.3) is 11.0 Å². The molecule has 0 radical (unpaired) electrons. The Kier molecular flexibility index (Phi) is 5.40. The number of ether oxygens (including phenoxy) is 2. The van der Waals surface area contributed by atoms with Gasteiger partial charge >= 0.3 is 0 Å². The molecule has 6 rings (SSSR count). The van der Waals surface area contributed by atoms with Crippen LogP contribution in [-0.4, -0.2) is 59.4 Å². The lowest BCUT2D eigenvalue weighted by molar-refractivity contribution is 0.0679. The lowest BCUT2D eigenvalue weighted by Gasteiger charge is -2.28. The lowest BCUT2D eigenvalue weighted by atomic mass is 10.2. The average Bonchev–Trinajstić information content (AvgIpc) is 3.60. The van der Waals surface area contributed by atoms with Crippen LogP contribution < -0.4 is 20.3 Å².